The maximum Gasteiger partial charge on any atom is 0.102 e. The maximum atomic E-state index is 11.2. The second kappa shape index (κ2) is 4.74. The summed E-state index contributed by atoms with van der Waals surface area (Å²) in [6.45, 7) is 8.88. The van der Waals surface area contributed by atoms with Crippen LogP contribution >= 0.6 is 11.3 Å². The Balaban J connectivity index is 2.39. The molecular weight excluding hydrogens is 228 g/mol. The number of rotatable bonds is 2. The predicted molar refractivity (Wildman–Crippen MR) is 74.3 cm³/mol. The lowest BCUT2D eigenvalue weighted by atomic mass is 9.66. The van der Waals surface area contributed by atoms with E-state index in [0.29, 0.717) is 17.8 Å². The van der Waals surface area contributed by atoms with Gasteiger partial charge in [-0.25, -0.2) is 0 Å². The fraction of sp³-hybridized carbons (Fsp3) is 0.733. The number of aliphatic hydroxyl groups is 1. The first-order chi connectivity index (χ1) is 7.95. The summed E-state index contributed by atoms with van der Waals surface area (Å²) in [6.07, 6.45) is 3.35. The van der Waals surface area contributed by atoms with Crippen molar-refractivity contribution in [3.63, 3.8) is 0 Å². The molecule has 17 heavy (non-hydrogen) atoms. The zero-order valence-corrected chi connectivity index (χ0v) is 12.2. The first kappa shape index (κ1) is 13.1. The molecule has 0 amide bonds. The number of hydrogen-bond acceptors (Lipinski definition) is 2. The van der Waals surface area contributed by atoms with Gasteiger partial charge in [0.2, 0.25) is 0 Å². The minimum Gasteiger partial charge on any atom is -0.384 e. The fourth-order valence-electron chi connectivity index (χ4n) is 3.45. The predicted octanol–water partition coefficient (Wildman–Crippen LogP) is 4.34. The summed E-state index contributed by atoms with van der Waals surface area (Å²) in [5.41, 5.74) is 0.682. The van der Waals surface area contributed by atoms with Crippen LogP contribution in [0.5, 0.6) is 0 Å². The molecule has 2 rings (SSSR count). The number of aryl methyl sites for hydroxylation is 1. The third-order valence-electron chi connectivity index (χ3n) is 4.30. The molecule has 0 aromatic carbocycles. The Kier molecular flexibility index (Phi) is 3.65. The summed E-state index contributed by atoms with van der Waals surface area (Å²) >= 11 is 1.73. The Bertz CT molecular complexity index is 382. The number of hydrogen-bond donors (Lipinski definition) is 1. The molecule has 3 atom stereocenters. The third-order valence-corrected chi connectivity index (χ3v) is 5.49. The van der Waals surface area contributed by atoms with E-state index < -0.39 is 5.60 Å². The summed E-state index contributed by atoms with van der Waals surface area (Å²) in [4.78, 5) is 1.21. The summed E-state index contributed by atoms with van der Waals surface area (Å²) in [5.74, 6) is 1.60. The Labute approximate surface area is 109 Å². The third kappa shape index (κ3) is 2.30. The molecule has 96 valence electrons. The van der Waals surface area contributed by atoms with Crippen LogP contribution in [-0.2, 0) is 5.60 Å². The van der Waals surface area contributed by atoms with E-state index in [0.717, 1.165) is 12.8 Å². The van der Waals surface area contributed by atoms with Gasteiger partial charge in [0.25, 0.3) is 0 Å². The standard InChI is InChI=1S/C15H24OS/c1-10(2)13-6-5-11(3)9-15(13,16)14-12(4)7-8-17-14/h7-8,10-11,13,16H,5-6,9H2,1-4H3. The van der Waals surface area contributed by atoms with Crippen LogP contribution in [0.2, 0.25) is 0 Å². The highest BCUT2D eigenvalue weighted by atomic mass is 32.1. The molecule has 0 bridgehead atoms. The van der Waals surface area contributed by atoms with Gasteiger partial charge < -0.3 is 5.11 Å². The Hall–Kier alpha value is -0.340. The highest BCUT2D eigenvalue weighted by Crippen LogP contribution is 2.49. The monoisotopic (exact) mass is 252 g/mol. The average Bonchev–Trinajstić information content (AvgIpc) is 2.64. The van der Waals surface area contributed by atoms with Crippen LogP contribution in [0.25, 0.3) is 0 Å². The van der Waals surface area contributed by atoms with Crippen molar-refractivity contribution in [1.82, 2.24) is 0 Å². The topological polar surface area (TPSA) is 20.2 Å². The van der Waals surface area contributed by atoms with Gasteiger partial charge in [-0.05, 0) is 54.5 Å². The molecule has 0 radical (unpaired) electrons. The van der Waals surface area contributed by atoms with Crippen molar-refractivity contribution in [2.24, 2.45) is 17.8 Å². The van der Waals surface area contributed by atoms with Gasteiger partial charge in [0, 0.05) is 4.88 Å². The van der Waals surface area contributed by atoms with Crippen LogP contribution < -0.4 is 0 Å². The maximum absolute atomic E-state index is 11.2. The highest BCUT2D eigenvalue weighted by molar-refractivity contribution is 7.10. The largest absolute Gasteiger partial charge is 0.384 e. The molecule has 3 unspecified atom stereocenters. The van der Waals surface area contributed by atoms with Crippen molar-refractivity contribution >= 4 is 11.3 Å². The molecule has 2 heteroatoms. The summed E-state index contributed by atoms with van der Waals surface area (Å²) in [7, 11) is 0. The van der Waals surface area contributed by atoms with Gasteiger partial charge >= 0.3 is 0 Å². The highest BCUT2D eigenvalue weighted by Gasteiger charge is 2.45. The van der Waals surface area contributed by atoms with Gasteiger partial charge in [0.1, 0.15) is 5.60 Å². The Morgan fingerprint density at radius 1 is 1.41 bits per heavy atom. The molecule has 1 aliphatic carbocycles. The number of thiophene rings is 1. The van der Waals surface area contributed by atoms with Gasteiger partial charge in [0.05, 0.1) is 0 Å². The van der Waals surface area contributed by atoms with E-state index >= 15 is 0 Å². The molecule has 1 aromatic rings. The second-order valence-corrected chi connectivity index (χ2v) is 7.01. The fourth-order valence-corrected chi connectivity index (χ4v) is 4.55. The zero-order chi connectivity index (χ0) is 12.6. The van der Waals surface area contributed by atoms with Gasteiger partial charge in [-0.3, -0.25) is 0 Å². The molecule has 1 saturated carbocycles. The van der Waals surface area contributed by atoms with Crippen LogP contribution in [-0.4, -0.2) is 5.11 Å². The van der Waals surface area contributed by atoms with Gasteiger partial charge in [-0.1, -0.05) is 27.2 Å². The van der Waals surface area contributed by atoms with Crippen LogP contribution in [0.1, 0.15) is 50.5 Å². The minimum atomic E-state index is -0.579. The van der Waals surface area contributed by atoms with E-state index in [1.54, 1.807) is 11.3 Å². The Morgan fingerprint density at radius 2 is 2.12 bits per heavy atom. The summed E-state index contributed by atoms with van der Waals surface area (Å²) in [6, 6.07) is 2.13. The van der Waals surface area contributed by atoms with Crippen LogP contribution in [0.4, 0.5) is 0 Å². The molecule has 1 N–H and O–H groups in total. The van der Waals surface area contributed by atoms with Crippen molar-refractivity contribution in [1.29, 1.82) is 0 Å². The van der Waals surface area contributed by atoms with E-state index in [9.17, 15) is 5.11 Å². The van der Waals surface area contributed by atoms with Crippen molar-refractivity contribution in [2.45, 2.75) is 52.6 Å². The molecular formula is C15H24OS. The van der Waals surface area contributed by atoms with E-state index in [1.165, 1.54) is 16.9 Å². The quantitative estimate of drug-likeness (QED) is 0.830. The van der Waals surface area contributed by atoms with Crippen LogP contribution in [0, 0.1) is 24.7 Å². The second-order valence-electron chi connectivity index (χ2n) is 6.09. The molecule has 0 saturated heterocycles. The molecule has 0 aliphatic heterocycles. The van der Waals surface area contributed by atoms with Crippen LogP contribution in [0.15, 0.2) is 11.4 Å². The van der Waals surface area contributed by atoms with Crippen molar-refractivity contribution in [2.75, 3.05) is 0 Å². The van der Waals surface area contributed by atoms with E-state index in [4.69, 9.17) is 0 Å². The van der Waals surface area contributed by atoms with E-state index in [2.05, 4.69) is 39.1 Å². The molecule has 0 spiro atoms. The lowest BCUT2D eigenvalue weighted by Gasteiger charge is -2.44. The first-order valence-corrected chi connectivity index (χ1v) is 7.60. The first-order valence-electron chi connectivity index (χ1n) is 6.72. The van der Waals surface area contributed by atoms with Crippen molar-refractivity contribution in [3.8, 4) is 0 Å². The molecule has 1 aliphatic rings. The lowest BCUT2D eigenvalue weighted by molar-refractivity contribution is -0.0841. The van der Waals surface area contributed by atoms with E-state index in [1.807, 2.05) is 0 Å². The van der Waals surface area contributed by atoms with E-state index in [-0.39, 0.29) is 0 Å². The Morgan fingerprint density at radius 3 is 2.65 bits per heavy atom. The molecule has 1 aromatic heterocycles. The van der Waals surface area contributed by atoms with Gasteiger partial charge in [0.15, 0.2) is 0 Å². The van der Waals surface area contributed by atoms with Gasteiger partial charge in [-0.15, -0.1) is 11.3 Å². The molecule has 1 heterocycles. The normalized spacial score (nSPS) is 34.2. The van der Waals surface area contributed by atoms with Crippen LogP contribution in [0.3, 0.4) is 0 Å². The average molecular weight is 252 g/mol. The summed E-state index contributed by atoms with van der Waals surface area (Å²) < 4.78 is 0. The lowest BCUT2D eigenvalue weighted by Crippen LogP contribution is -2.42. The zero-order valence-electron chi connectivity index (χ0n) is 11.4. The summed E-state index contributed by atoms with van der Waals surface area (Å²) in [5, 5.41) is 13.3. The van der Waals surface area contributed by atoms with Gasteiger partial charge in [-0.2, -0.15) is 0 Å². The molecule has 1 nitrogen and oxygen atoms in total. The SMILES string of the molecule is Cc1ccsc1C1(O)CC(C)CCC1C(C)C. The molecule has 1 fully saturated rings. The smallest absolute Gasteiger partial charge is 0.102 e. The minimum absolute atomic E-state index is 0.413. The van der Waals surface area contributed by atoms with Crippen molar-refractivity contribution < 1.29 is 5.11 Å². The van der Waals surface area contributed by atoms with Crippen molar-refractivity contribution in [3.05, 3.63) is 21.9 Å².